The Hall–Kier alpha value is -1.75. The third-order valence-electron chi connectivity index (χ3n) is 5.24. The van der Waals surface area contributed by atoms with Gasteiger partial charge in [0.25, 0.3) is 5.91 Å². The molecule has 0 fully saturated rings. The minimum atomic E-state index is -3.59. The number of likely N-dealkylation sites (N-methyl/N-ethyl adjacent to an activating group) is 1. The number of carbonyl (C=O) groups is 1. The third-order valence-corrected chi connectivity index (χ3v) is 8.46. The Morgan fingerprint density at radius 1 is 1.03 bits per heavy atom. The highest BCUT2D eigenvalue weighted by Gasteiger charge is 2.24. The van der Waals surface area contributed by atoms with Gasteiger partial charge in [0.15, 0.2) is 5.13 Å². The van der Waals surface area contributed by atoms with E-state index in [-0.39, 0.29) is 23.2 Å². The summed E-state index contributed by atoms with van der Waals surface area (Å²) >= 11 is 7.69. The fourth-order valence-corrected chi connectivity index (χ4v) is 5.71. The Bertz CT molecular complexity index is 1210. The number of halogens is 2. The van der Waals surface area contributed by atoms with Crippen molar-refractivity contribution in [2.24, 2.45) is 0 Å². The first-order valence-corrected chi connectivity index (χ1v) is 13.4. The zero-order chi connectivity index (χ0) is 24.2. The lowest BCUT2D eigenvalue weighted by Crippen LogP contribution is -2.36. The van der Waals surface area contributed by atoms with E-state index < -0.39 is 10.0 Å². The number of thiazole rings is 1. The second-order valence-electron chi connectivity index (χ2n) is 8.05. The van der Waals surface area contributed by atoms with Crippen molar-refractivity contribution in [3.63, 3.8) is 0 Å². The van der Waals surface area contributed by atoms with E-state index in [4.69, 9.17) is 11.6 Å². The number of rotatable bonds is 10. The largest absolute Gasteiger partial charge is 0.308 e. The molecular formula is C23H30Cl2N4O3S2. The van der Waals surface area contributed by atoms with Crippen molar-refractivity contribution in [3.8, 4) is 0 Å². The molecule has 3 rings (SSSR count). The van der Waals surface area contributed by atoms with Crippen LogP contribution < -0.4 is 4.90 Å². The van der Waals surface area contributed by atoms with Crippen LogP contribution in [0, 0.1) is 0 Å². The summed E-state index contributed by atoms with van der Waals surface area (Å²) in [6.45, 7) is 3.55. The number of unbranched alkanes of at least 4 members (excludes halogenated alkanes) is 1. The van der Waals surface area contributed by atoms with Crippen LogP contribution in [-0.4, -0.2) is 69.3 Å². The molecule has 186 valence electrons. The van der Waals surface area contributed by atoms with Gasteiger partial charge in [-0.2, -0.15) is 0 Å². The first kappa shape index (κ1) is 28.5. The van der Waals surface area contributed by atoms with Crippen LogP contribution in [0.15, 0.2) is 47.4 Å². The van der Waals surface area contributed by atoms with Gasteiger partial charge in [-0.15, -0.1) is 12.4 Å². The zero-order valence-corrected chi connectivity index (χ0v) is 22.9. The van der Waals surface area contributed by atoms with E-state index in [9.17, 15) is 13.2 Å². The van der Waals surface area contributed by atoms with Crippen LogP contribution in [0.3, 0.4) is 0 Å². The number of carbonyl (C=O) groups excluding carboxylic acids is 1. The summed E-state index contributed by atoms with van der Waals surface area (Å²) in [7, 11) is 1.86. The fourth-order valence-electron chi connectivity index (χ4n) is 3.21. The molecule has 0 saturated carbocycles. The molecule has 34 heavy (non-hydrogen) atoms. The Kier molecular flexibility index (Phi) is 10.3. The Morgan fingerprint density at radius 3 is 2.29 bits per heavy atom. The van der Waals surface area contributed by atoms with Crippen LogP contribution in [0.25, 0.3) is 10.2 Å². The topological polar surface area (TPSA) is 73.8 Å². The van der Waals surface area contributed by atoms with E-state index in [0.29, 0.717) is 40.9 Å². The minimum Gasteiger partial charge on any atom is -0.308 e. The Morgan fingerprint density at radius 2 is 1.71 bits per heavy atom. The average Bonchev–Trinajstić information content (AvgIpc) is 3.22. The normalized spacial score (nSPS) is 11.7. The number of aromatic nitrogens is 1. The van der Waals surface area contributed by atoms with E-state index in [1.807, 2.05) is 38.1 Å². The van der Waals surface area contributed by atoms with Crippen molar-refractivity contribution in [1.29, 1.82) is 0 Å². The first-order valence-electron chi connectivity index (χ1n) is 10.7. The maximum Gasteiger partial charge on any atom is 0.260 e. The standard InChI is InChI=1S/C23H29ClN4O3S2.ClH/c1-5-6-14-27(4)33(30,31)18-12-10-17(11-13-18)22(29)28(16-15-26(2)3)23-25-21-19(24)8-7-9-20(21)32-23;/h7-13H,5-6,14-16H2,1-4H3;1H. The van der Waals surface area contributed by atoms with Gasteiger partial charge in [0.2, 0.25) is 10.0 Å². The second-order valence-corrected chi connectivity index (χ2v) is 11.5. The molecule has 0 saturated heterocycles. The smallest absolute Gasteiger partial charge is 0.260 e. The van der Waals surface area contributed by atoms with Crippen LogP contribution >= 0.6 is 35.3 Å². The summed E-state index contributed by atoms with van der Waals surface area (Å²) < 4.78 is 27.8. The number of amides is 1. The van der Waals surface area contributed by atoms with Gasteiger partial charge in [-0.25, -0.2) is 17.7 Å². The predicted octanol–water partition coefficient (Wildman–Crippen LogP) is 5.00. The molecule has 0 aliphatic heterocycles. The number of para-hydroxylation sites is 1. The molecule has 11 heteroatoms. The second kappa shape index (κ2) is 12.3. The minimum absolute atomic E-state index is 0. The number of anilines is 1. The molecule has 1 heterocycles. The predicted molar refractivity (Wildman–Crippen MR) is 143 cm³/mol. The Balaban J connectivity index is 0.00000408. The van der Waals surface area contributed by atoms with Gasteiger partial charge < -0.3 is 4.90 Å². The van der Waals surface area contributed by atoms with Gasteiger partial charge >= 0.3 is 0 Å². The van der Waals surface area contributed by atoms with Crippen LogP contribution in [0.2, 0.25) is 5.02 Å². The van der Waals surface area contributed by atoms with E-state index >= 15 is 0 Å². The highest BCUT2D eigenvalue weighted by atomic mass is 35.5. The molecule has 0 N–H and O–H groups in total. The number of hydrogen-bond donors (Lipinski definition) is 0. The molecule has 1 aromatic heterocycles. The van der Waals surface area contributed by atoms with Crippen molar-refractivity contribution in [3.05, 3.63) is 53.1 Å². The third kappa shape index (κ3) is 6.47. The molecule has 0 spiro atoms. The van der Waals surface area contributed by atoms with Gasteiger partial charge in [0.1, 0.15) is 5.52 Å². The lowest BCUT2D eigenvalue weighted by molar-refractivity contribution is 0.0985. The highest BCUT2D eigenvalue weighted by Crippen LogP contribution is 2.33. The number of sulfonamides is 1. The maximum atomic E-state index is 13.4. The first-order chi connectivity index (χ1) is 15.6. The van der Waals surface area contributed by atoms with Crippen LogP contribution in [0.5, 0.6) is 0 Å². The number of fused-ring (bicyclic) bond motifs is 1. The molecule has 2 aromatic carbocycles. The molecule has 1 amide bonds. The summed E-state index contributed by atoms with van der Waals surface area (Å²) in [5, 5.41) is 1.10. The van der Waals surface area contributed by atoms with E-state index in [2.05, 4.69) is 4.98 Å². The molecule has 0 atom stereocenters. The van der Waals surface area contributed by atoms with Crippen molar-refractivity contribution in [2.75, 3.05) is 45.7 Å². The van der Waals surface area contributed by atoms with Gasteiger partial charge in [-0.05, 0) is 56.9 Å². The molecule has 0 aliphatic carbocycles. The number of hydrogen-bond acceptors (Lipinski definition) is 6. The van der Waals surface area contributed by atoms with Crippen LogP contribution in [0.4, 0.5) is 5.13 Å². The molecule has 3 aromatic rings. The van der Waals surface area contributed by atoms with Gasteiger partial charge in [0.05, 0.1) is 14.6 Å². The Labute approximate surface area is 216 Å². The van der Waals surface area contributed by atoms with Crippen molar-refractivity contribution >= 4 is 66.6 Å². The monoisotopic (exact) mass is 544 g/mol. The lowest BCUT2D eigenvalue weighted by atomic mass is 10.2. The molecule has 7 nitrogen and oxygen atoms in total. The molecule has 0 unspecified atom stereocenters. The summed E-state index contributed by atoms with van der Waals surface area (Å²) in [5.74, 6) is -0.240. The van der Waals surface area contributed by atoms with Crippen LogP contribution in [-0.2, 0) is 10.0 Å². The summed E-state index contributed by atoms with van der Waals surface area (Å²) in [6, 6.07) is 11.7. The quantitative estimate of drug-likeness (QED) is 0.359. The average molecular weight is 546 g/mol. The summed E-state index contributed by atoms with van der Waals surface area (Å²) in [4.78, 5) is 21.8. The molecular weight excluding hydrogens is 515 g/mol. The zero-order valence-electron chi connectivity index (χ0n) is 19.7. The SMILES string of the molecule is CCCCN(C)S(=O)(=O)c1ccc(C(=O)N(CCN(C)C)c2nc3c(Cl)cccc3s2)cc1.Cl. The van der Waals surface area contributed by atoms with Crippen molar-refractivity contribution in [2.45, 2.75) is 24.7 Å². The highest BCUT2D eigenvalue weighted by molar-refractivity contribution is 7.89. The molecule has 0 radical (unpaired) electrons. The fraction of sp³-hybridized carbons (Fsp3) is 0.391. The van der Waals surface area contributed by atoms with Gasteiger partial charge in [-0.1, -0.05) is 42.3 Å². The molecule has 0 aliphatic rings. The lowest BCUT2D eigenvalue weighted by Gasteiger charge is -2.22. The van der Waals surface area contributed by atoms with Gasteiger partial charge in [0, 0.05) is 32.2 Å². The van der Waals surface area contributed by atoms with E-state index in [1.165, 1.54) is 27.8 Å². The molecule has 0 bridgehead atoms. The summed E-state index contributed by atoms with van der Waals surface area (Å²) in [5.41, 5.74) is 1.06. The van der Waals surface area contributed by atoms with E-state index in [1.54, 1.807) is 30.1 Å². The van der Waals surface area contributed by atoms with Gasteiger partial charge in [-0.3, -0.25) is 9.69 Å². The van der Waals surface area contributed by atoms with Crippen LogP contribution in [0.1, 0.15) is 30.1 Å². The van der Waals surface area contributed by atoms with E-state index in [0.717, 1.165) is 17.5 Å². The van der Waals surface area contributed by atoms with Crippen molar-refractivity contribution < 1.29 is 13.2 Å². The number of nitrogens with zero attached hydrogens (tertiary/aromatic N) is 4. The number of benzene rings is 2. The van der Waals surface area contributed by atoms with Crippen molar-refractivity contribution in [1.82, 2.24) is 14.2 Å². The maximum absolute atomic E-state index is 13.4. The summed E-state index contributed by atoms with van der Waals surface area (Å²) in [6.07, 6.45) is 1.70.